The molecule has 0 amide bonds. The summed E-state index contributed by atoms with van der Waals surface area (Å²) in [5.41, 5.74) is 1.32. The Kier molecular flexibility index (Phi) is 3.77. The summed E-state index contributed by atoms with van der Waals surface area (Å²) >= 11 is 1.74. The molecule has 0 spiro atoms. The van der Waals surface area contributed by atoms with Crippen molar-refractivity contribution in [1.29, 1.82) is 0 Å². The van der Waals surface area contributed by atoms with E-state index in [4.69, 9.17) is 5.11 Å². The van der Waals surface area contributed by atoms with Crippen molar-refractivity contribution in [3.63, 3.8) is 0 Å². The van der Waals surface area contributed by atoms with Crippen molar-refractivity contribution >= 4 is 17.7 Å². The number of carbonyl (C=O) groups is 1. The van der Waals surface area contributed by atoms with Gasteiger partial charge in [0.05, 0.1) is 5.92 Å². The molecule has 1 aliphatic carbocycles. The SMILES string of the molecule is CSc1ccc(C(C)CC2CC2C(=O)O)cc1. The molecule has 3 heteroatoms. The Morgan fingerprint density at radius 1 is 1.47 bits per heavy atom. The average Bonchev–Trinajstić information content (AvgIpc) is 3.08. The van der Waals surface area contributed by atoms with Crippen molar-refractivity contribution in [2.45, 2.75) is 30.6 Å². The first kappa shape index (κ1) is 12.5. The molecule has 1 fully saturated rings. The van der Waals surface area contributed by atoms with Crippen LogP contribution in [0, 0.1) is 11.8 Å². The van der Waals surface area contributed by atoms with Gasteiger partial charge in [-0.25, -0.2) is 0 Å². The van der Waals surface area contributed by atoms with E-state index < -0.39 is 5.97 Å². The van der Waals surface area contributed by atoms with Gasteiger partial charge in [0.1, 0.15) is 0 Å². The molecule has 1 aromatic rings. The van der Waals surface area contributed by atoms with Crippen LogP contribution in [0.2, 0.25) is 0 Å². The van der Waals surface area contributed by atoms with Crippen LogP contribution in [0.4, 0.5) is 0 Å². The molecule has 0 aliphatic heterocycles. The smallest absolute Gasteiger partial charge is 0.306 e. The van der Waals surface area contributed by atoms with Crippen LogP contribution in [0.25, 0.3) is 0 Å². The molecular weight excluding hydrogens is 232 g/mol. The molecule has 3 atom stereocenters. The number of carboxylic acids is 1. The Morgan fingerprint density at radius 3 is 2.59 bits per heavy atom. The summed E-state index contributed by atoms with van der Waals surface area (Å²) in [6, 6.07) is 8.60. The predicted octanol–water partition coefficient (Wildman–Crippen LogP) is 3.62. The summed E-state index contributed by atoms with van der Waals surface area (Å²) in [4.78, 5) is 12.0. The monoisotopic (exact) mass is 250 g/mol. The molecule has 17 heavy (non-hydrogen) atoms. The minimum absolute atomic E-state index is 0.0806. The molecule has 2 nitrogen and oxygen atoms in total. The van der Waals surface area contributed by atoms with Crippen molar-refractivity contribution in [1.82, 2.24) is 0 Å². The summed E-state index contributed by atoms with van der Waals surface area (Å²) in [7, 11) is 0. The summed E-state index contributed by atoms with van der Waals surface area (Å²) in [5, 5.41) is 8.87. The zero-order valence-electron chi connectivity index (χ0n) is 10.2. The van der Waals surface area contributed by atoms with E-state index in [9.17, 15) is 4.79 Å². The Bertz CT molecular complexity index is 399. The zero-order chi connectivity index (χ0) is 12.4. The lowest BCUT2D eigenvalue weighted by molar-refractivity contribution is -0.138. The van der Waals surface area contributed by atoms with Crippen LogP contribution >= 0.6 is 11.8 Å². The van der Waals surface area contributed by atoms with Crippen LogP contribution in [-0.2, 0) is 4.79 Å². The third-order valence-corrected chi connectivity index (χ3v) is 4.32. The van der Waals surface area contributed by atoms with Gasteiger partial charge in [0.15, 0.2) is 0 Å². The Morgan fingerprint density at radius 2 is 2.12 bits per heavy atom. The standard InChI is InChI=1S/C14H18O2S/c1-9(7-11-8-13(11)14(15)16)10-3-5-12(17-2)6-4-10/h3-6,9,11,13H,7-8H2,1-2H3,(H,15,16). The molecule has 1 saturated carbocycles. The molecule has 1 aliphatic rings. The number of thioether (sulfide) groups is 1. The van der Waals surface area contributed by atoms with Crippen LogP contribution in [0.1, 0.15) is 31.2 Å². The van der Waals surface area contributed by atoms with Gasteiger partial charge in [-0.05, 0) is 48.6 Å². The zero-order valence-corrected chi connectivity index (χ0v) is 11.0. The normalized spacial score (nSPS) is 24.4. The molecule has 0 heterocycles. The lowest BCUT2D eigenvalue weighted by Gasteiger charge is -2.11. The number of hydrogen-bond acceptors (Lipinski definition) is 2. The third kappa shape index (κ3) is 3.03. The van der Waals surface area contributed by atoms with E-state index in [0.29, 0.717) is 11.8 Å². The molecule has 3 unspecified atom stereocenters. The lowest BCUT2D eigenvalue weighted by atomic mass is 9.95. The highest BCUT2D eigenvalue weighted by Crippen LogP contribution is 2.45. The fourth-order valence-electron chi connectivity index (χ4n) is 2.33. The van der Waals surface area contributed by atoms with Gasteiger partial charge in [0.25, 0.3) is 0 Å². The van der Waals surface area contributed by atoms with Crippen LogP contribution in [-0.4, -0.2) is 17.3 Å². The molecule has 0 bridgehead atoms. The number of hydrogen-bond donors (Lipinski definition) is 1. The highest BCUT2D eigenvalue weighted by atomic mass is 32.2. The number of carboxylic acid groups (broad SMARTS) is 1. The molecule has 92 valence electrons. The van der Waals surface area contributed by atoms with Gasteiger partial charge in [-0.15, -0.1) is 11.8 Å². The van der Waals surface area contributed by atoms with E-state index in [-0.39, 0.29) is 5.92 Å². The summed E-state index contributed by atoms with van der Waals surface area (Å²) in [5.74, 6) is 0.144. The minimum Gasteiger partial charge on any atom is -0.481 e. The average molecular weight is 250 g/mol. The van der Waals surface area contributed by atoms with E-state index >= 15 is 0 Å². The fourth-order valence-corrected chi connectivity index (χ4v) is 2.74. The van der Waals surface area contributed by atoms with E-state index in [2.05, 4.69) is 37.4 Å². The first-order valence-corrected chi connectivity index (χ1v) is 7.21. The van der Waals surface area contributed by atoms with E-state index in [1.165, 1.54) is 10.5 Å². The van der Waals surface area contributed by atoms with Gasteiger partial charge in [0, 0.05) is 4.90 Å². The third-order valence-electron chi connectivity index (χ3n) is 3.58. The molecular formula is C14H18O2S. The van der Waals surface area contributed by atoms with Crippen molar-refractivity contribution < 1.29 is 9.90 Å². The van der Waals surface area contributed by atoms with Gasteiger partial charge >= 0.3 is 5.97 Å². The van der Waals surface area contributed by atoms with Gasteiger partial charge in [-0.2, -0.15) is 0 Å². The summed E-state index contributed by atoms with van der Waals surface area (Å²) < 4.78 is 0. The predicted molar refractivity (Wildman–Crippen MR) is 70.5 cm³/mol. The van der Waals surface area contributed by atoms with Crippen molar-refractivity contribution in [2.75, 3.05) is 6.26 Å². The van der Waals surface area contributed by atoms with Crippen LogP contribution in [0.15, 0.2) is 29.2 Å². The second-order valence-corrected chi connectivity index (χ2v) is 5.73. The molecule has 1 N–H and O–H groups in total. The number of aliphatic carboxylic acids is 1. The highest BCUT2D eigenvalue weighted by molar-refractivity contribution is 7.98. The van der Waals surface area contributed by atoms with Crippen LogP contribution in [0.3, 0.4) is 0 Å². The topological polar surface area (TPSA) is 37.3 Å². The van der Waals surface area contributed by atoms with Gasteiger partial charge in [-0.1, -0.05) is 19.1 Å². The molecule has 0 radical (unpaired) electrons. The second kappa shape index (κ2) is 5.13. The Balaban J connectivity index is 1.91. The van der Waals surface area contributed by atoms with Gasteiger partial charge in [0.2, 0.25) is 0 Å². The number of rotatable bonds is 5. The maximum absolute atomic E-state index is 10.8. The van der Waals surface area contributed by atoms with Crippen molar-refractivity contribution in [3.8, 4) is 0 Å². The number of benzene rings is 1. The van der Waals surface area contributed by atoms with E-state index in [1.807, 2.05) is 0 Å². The summed E-state index contributed by atoms with van der Waals surface area (Å²) in [6.45, 7) is 2.19. The van der Waals surface area contributed by atoms with Crippen molar-refractivity contribution in [2.24, 2.45) is 11.8 Å². The van der Waals surface area contributed by atoms with Gasteiger partial charge in [-0.3, -0.25) is 4.79 Å². The van der Waals surface area contributed by atoms with Crippen molar-refractivity contribution in [3.05, 3.63) is 29.8 Å². The first-order chi connectivity index (χ1) is 8.11. The highest BCUT2D eigenvalue weighted by Gasteiger charge is 2.43. The van der Waals surface area contributed by atoms with E-state index in [0.717, 1.165) is 12.8 Å². The molecule has 0 aromatic heterocycles. The Labute approximate surface area is 106 Å². The Hall–Kier alpha value is -0.960. The molecule has 2 rings (SSSR count). The van der Waals surface area contributed by atoms with E-state index in [1.54, 1.807) is 11.8 Å². The molecule has 1 aromatic carbocycles. The molecule has 0 saturated heterocycles. The largest absolute Gasteiger partial charge is 0.481 e. The van der Waals surface area contributed by atoms with Gasteiger partial charge < -0.3 is 5.11 Å². The summed E-state index contributed by atoms with van der Waals surface area (Å²) in [6.07, 6.45) is 3.93. The maximum Gasteiger partial charge on any atom is 0.306 e. The fraction of sp³-hybridized carbons (Fsp3) is 0.500. The van der Waals surface area contributed by atoms with Crippen LogP contribution in [0.5, 0.6) is 0 Å². The quantitative estimate of drug-likeness (QED) is 0.811. The maximum atomic E-state index is 10.8. The second-order valence-electron chi connectivity index (χ2n) is 4.85. The van der Waals surface area contributed by atoms with Crippen LogP contribution < -0.4 is 0 Å². The lowest BCUT2D eigenvalue weighted by Crippen LogP contribution is -2.02. The minimum atomic E-state index is -0.625. The first-order valence-electron chi connectivity index (χ1n) is 5.98.